The fourth-order valence-electron chi connectivity index (χ4n) is 6.17. The normalized spacial score (nSPS) is 19.6. The number of carbonyl (C=O) groups excluding carboxylic acids is 1. The first kappa shape index (κ1) is 27.3. The van der Waals surface area contributed by atoms with Crippen molar-refractivity contribution in [1.82, 2.24) is 15.2 Å². The number of aromatic amines is 1. The van der Waals surface area contributed by atoms with Crippen LogP contribution in [-0.4, -0.2) is 41.5 Å². The Morgan fingerprint density at radius 1 is 1.14 bits per heavy atom. The molecule has 2 fully saturated rings. The topological polar surface area (TPSA) is 68.4 Å². The number of rotatable bonds is 8. The molecule has 1 aliphatic heterocycles. The van der Waals surface area contributed by atoms with Gasteiger partial charge in [-0.1, -0.05) is 18.2 Å². The molecule has 4 rings (SSSR count). The average Bonchev–Trinajstić information content (AvgIpc) is 3.40. The van der Waals surface area contributed by atoms with Crippen LogP contribution in [-0.2, 0) is 6.54 Å². The first-order chi connectivity index (χ1) is 17.7. The van der Waals surface area contributed by atoms with Crippen LogP contribution in [0.3, 0.4) is 0 Å². The second-order valence-electron chi connectivity index (χ2n) is 10.7. The highest BCUT2D eigenvalue weighted by Crippen LogP contribution is 2.37. The van der Waals surface area contributed by atoms with Gasteiger partial charge >= 0.3 is 0 Å². The van der Waals surface area contributed by atoms with E-state index in [0.717, 1.165) is 67.8 Å². The van der Waals surface area contributed by atoms with Crippen LogP contribution >= 0.6 is 11.6 Å². The third-order valence-corrected chi connectivity index (χ3v) is 8.50. The van der Waals surface area contributed by atoms with E-state index >= 15 is 0 Å². The van der Waals surface area contributed by atoms with Crippen molar-refractivity contribution in [3.05, 3.63) is 73.8 Å². The van der Waals surface area contributed by atoms with E-state index in [1.807, 2.05) is 32.9 Å². The van der Waals surface area contributed by atoms with Crippen LogP contribution in [0.15, 0.2) is 35.3 Å². The maximum atomic E-state index is 13.2. The molecule has 2 heterocycles. The summed E-state index contributed by atoms with van der Waals surface area (Å²) in [5, 5.41) is 3.49. The van der Waals surface area contributed by atoms with Crippen LogP contribution in [0.25, 0.3) is 0 Å². The van der Waals surface area contributed by atoms with Crippen molar-refractivity contribution in [3.8, 4) is 0 Å². The Bertz CT molecular complexity index is 1210. The van der Waals surface area contributed by atoms with Gasteiger partial charge in [0.05, 0.1) is 0 Å². The van der Waals surface area contributed by atoms with Gasteiger partial charge in [0.15, 0.2) is 0 Å². The van der Waals surface area contributed by atoms with Crippen molar-refractivity contribution in [2.45, 2.75) is 78.8 Å². The monoisotopic (exact) mass is 524 g/mol. The number of H-pyrrole nitrogens is 1. The minimum atomic E-state index is -0.220. The summed E-state index contributed by atoms with van der Waals surface area (Å²) >= 11 is 6.55. The summed E-state index contributed by atoms with van der Waals surface area (Å²) in [6.45, 7) is 15.7. The summed E-state index contributed by atoms with van der Waals surface area (Å²) < 4.78 is 0. The molecule has 1 amide bonds. The van der Waals surface area contributed by atoms with Gasteiger partial charge in [0.2, 0.25) is 0 Å². The number of hydrogen-bond acceptors (Lipinski definition) is 4. The van der Waals surface area contributed by atoms with Crippen LogP contribution in [0.4, 0.5) is 5.69 Å². The van der Waals surface area contributed by atoms with E-state index in [2.05, 4.69) is 33.6 Å². The van der Waals surface area contributed by atoms with E-state index in [9.17, 15) is 9.59 Å². The van der Waals surface area contributed by atoms with E-state index in [4.69, 9.17) is 11.6 Å². The van der Waals surface area contributed by atoms with Crippen LogP contribution in [0.1, 0.15) is 78.2 Å². The summed E-state index contributed by atoms with van der Waals surface area (Å²) in [6, 6.07) is 6.04. The summed E-state index contributed by atoms with van der Waals surface area (Å²) in [7, 11) is 0. The number of halogens is 1. The van der Waals surface area contributed by atoms with Gasteiger partial charge in [-0.25, -0.2) is 0 Å². The van der Waals surface area contributed by atoms with Gasteiger partial charge in [0, 0.05) is 65.4 Å². The Labute approximate surface area is 226 Å². The number of carbonyl (C=O) groups is 1. The van der Waals surface area contributed by atoms with Crippen molar-refractivity contribution in [2.24, 2.45) is 5.92 Å². The number of anilines is 1. The molecule has 1 aromatic carbocycles. The zero-order valence-electron chi connectivity index (χ0n) is 22.8. The SMILES string of the molecule is C=C([C@H]1CC[C@H](N(CC)c2cc(Cl)cc(C(=O)NCc3c(C)cc(C)[nH]c3=O)c2C)CC1)N1CCCC1. The minimum Gasteiger partial charge on any atom is -0.375 e. The molecule has 0 atom stereocenters. The van der Waals surface area contributed by atoms with Gasteiger partial charge in [-0.15, -0.1) is 0 Å². The molecule has 7 heteroatoms. The van der Waals surface area contributed by atoms with Gasteiger partial charge in [0.1, 0.15) is 0 Å². The molecular formula is C30H41ClN4O2. The maximum absolute atomic E-state index is 13.2. The van der Waals surface area contributed by atoms with E-state index in [-0.39, 0.29) is 18.0 Å². The zero-order valence-corrected chi connectivity index (χ0v) is 23.5. The third kappa shape index (κ3) is 6.06. The van der Waals surface area contributed by atoms with Gasteiger partial charge in [-0.2, -0.15) is 0 Å². The molecular weight excluding hydrogens is 484 g/mol. The van der Waals surface area contributed by atoms with Crippen LogP contribution in [0.2, 0.25) is 5.02 Å². The number of amides is 1. The number of hydrogen-bond donors (Lipinski definition) is 2. The molecule has 37 heavy (non-hydrogen) atoms. The minimum absolute atomic E-state index is 0.165. The molecule has 2 aliphatic rings. The summed E-state index contributed by atoms with van der Waals surface area (Å²) in [5.41, 5.74) is 5.90. The first-order valence-corrected chi connectivity index (χ1v) is 14.1. The van der Waals surface area contributed by atoms with Crippen molar-refractivity contribution in [3.63, 3.8) is 0 Å². The highest BCUT2D eigenvalue weighted by Gasteiger charge is 2.30. The first-order valence-electron chi connectivity index (χ1n) is 13.7. The van der Waals surface area contributed by atoms with Gasteiger partial charge in [0.25, 0.3) is 11.5 Å². The molecule has 0 bridgehead atoms. The molecule has 2 aromatic rings. The molecule has 2 N–H and O–H groups in total. The Hall–Kier alpha value is -2.73. The van der Waals surface area contributed by atoms with E-state index in [0.29, 0.717) is 28.1 Å². The number of aryl methyl sites for hydroxylation is 2. The van der Waals surface area contributed by atoms with Gasteiger partial charge in [-0.05, 0) is 101 Å². The van der Waals surface area contributed by atoms with Gasteiger partial charge in [-0.3, -0.25) is 9.59 Å². The predicted octanol–water partition coefficient (Wildman–Crippen LogP) is 5.88. The number of pyridine rings is 1. The lowest BCUT2D eigenvalue weighted by Gasteiger charge is -2.40. The number of allylic oxidation sites excluding steroid dienone is 1. The Kier molecular flexibility index (Phi) is 8.68. The van der Waals surface area contributed by atoms with Crippen molar-refractivity contribution < 1.29 is 4.79 Å². The largest absolute Gasteiger partial charge is 0.375 e. The fourth-order valence-corrected chi connectivity index (χ4v) is 6.38. The molecule has 0 spiro atoms. The van der Waals surface area contributed by atoms with Crippen molar-refractivity contribution in [2.75, 3.05) is 24.5 Å². The average molecular weight is 525 g/mol. The molecule has 1 aromatic heterocycles. The highest BCUT2D eigenvalue weighted by atomic mass is 35.5. The molecule has 200 valence electrons. The standard InChI is InChI=1S/C30H41ClN4O2/c1-6-35(25-11-9-23(10-12-25)22(5)34-13-7-8-14-34)28-17-24(31)16-26(21(28)4)29(36)32-18-27-19(2)15-20(3)33-30(27)37/h15-17,23,25H,5-14,18H2,1-4H3,(H,32,36)(H,33,37)/t23-,25-. The lowest BCUT2D eigenvalue weighted by Crippen LogP contribution is -2.40. The van der Waals surface area contributed by atoms with E-state index < -0.39 is 0 Å². The number of nitrogens with one attached hydrogen (secondary N) is 2. The Balaban J connectivity index is 1.47. The molecule has 1 saturated heterocycles. The second kappa shape index (κ2) is 11.8. The number of nitrogens with zero attached hydrogens (tertiary/aromatic N) is 2. The summed E-state index contributed by atoms with van der Waals surface area (Å²) in [5.74, 6) is 0.352. The van der Waals surface area contributed by atoms with Crippen molar-refractivity contribution in [1.29, 1.82) is 0 Å². The fraction of sp³-hybridized carbons (Fsp3) is 0.533. The third-order valence-electron chi connectivity index (χ3n) is 8.28. The van der Waals surface area contributed by atoms with Gasteiger partial charge < -0.3 is 20.1 Å². The smallest absolute Gasteiger partial charge is 0.253 e. The quantitative estimate of drug-likeness (QED) is 0.452. The zero-order chi connectivity index (χ0) is 26.7. The highest BCUT2D eigenvalue weighted by molar-refractivity contribution is 6.31. The number of aromatic nitrogens is 1. The number of benzene rings is 1. The molecule has 1 aliphatic carbocycles. The molecule has 6 nitrogen and oxygen atoms in total. The van der Waals surface area contributed by atoms with E-state index in [1.54, 1.807) is 6.07 Å². The van der Waals surface area contributed by atoms with Crippen molar-refractivity contribution >= 4 is 23.2 Å². The van der Waals surface area contributed by atoms with E-state index in [1.165, 1.54) is 18.5 Å². The molecule has 0 radical (unpaired) electrons. The van der Waals surface area contributed by atoms with Crippen LogP contribution in [0, 0.1) is 26.7 Å². The maximum Gasteiger partial charge on any atom is 0.253 e. The molecule has 0 unspecified atom stereocenters. The summed E-state index contributed by atoms with van der Waals surface area (Å²) in [4.78, 5) is 33.4. The Morgan fingerprint density at radius 2 is 1.81 bits per heavy atom. The lowest BCUT2D eigenvalue weighted by molar-refractivity contribution is 0.0950. The van der Waals surface area contributed by atoms with Crippen LogP contribution in [0.5, 0.6) is 0 Å². The lowest BCUT2D eigenvalue weighted by atomic mass is 9.83. The second-order valence-corrected chi connectivity index (χ2v) is 11.1. The Morgan fingerprint density at radius 3 is 2.43 bits per heavy atom. The summed E-state index contributed by atoms with van der Waals surface area (Å²) in [6.07, 6.45) is 7.07. The molecule has 1 saturated carbocycles. The van der Waals surface area contributed by atoms with Crippen LogP contribution < -0.4 is 15.8 Å². The predicted molar refractivity (Wildman–Crippen MR) is 153 cm³/mol. The number of likely N-dealkylation sites (tertiary alicyclic amines) is 1.